The zero-order chi connectivity index (χ0) is 15.8. The molecule has 0 aromatic carbocycles. The summed E-state index contributed by atoms with van der Waals surface area (Å²) in [4.78, 5) is 21.1. The van der Waals surface area contributed by atoms with Gasteiger partial charge < -0.3 is 14.3 Å². The molecule has 0 fully saturated rings. The summed E-state index contributed by atoms with van der Waals surface area (Å²) in [6.45, 7) is 1.09. The van der Waals surface area contributed by atoms with Gasteiger partial charge in [0.25, 0.3) is 0 Å². The van der Waals surface area contributed by atoms with Crippen LogP contribution in [0.15, 0.2) is 6.33 Å². The lowest BCUT2D eigenvalue weighted by Crippen LogP contribution is -2.06. The topological polar surface area (TPSA) is 74.2 Å². The van der Waals surface area contributed by atoms with Crippen molar-refractivity contribution in [3.63, 3.8) is 0 Å². The molecule has 0 unspecified atom stereocenters. The third kappa shape index (κ3) is 12.8. The van der Waals surface area contributed by atoms with Crippen LogP contribution in [-0.4, -0.2) is 51.7 Å². The Morgan fingerprint density at radius 1 is 0.952 bits per heavy atom. The Morgan fingerprint density at radius 2 is 1.48 bits per heavy atom. The number of ether oxygens (including phenoxy) is 2. The number of rotatable bonds is 10. The van der Waals surface area contributed by atoms with E-state index in [1.165, 1.54) is 6.33 Å². The first-order chi connectivity index (χ1) is 10.3. The molecule has 0 saturated carbocycles. The molecule has 0 bridgehead atoms. The molecule has 0 saturated heterocycles. The first-order valence-corrected chi connectivity index (χ1v) is 8.39. The monoisotopic (exact) mass is 351 g/mol. The van der Waals surface area contributed by atoms with E-state index in [1.807, 2.05) is 0 Å². The normalized spacial score (nSPS) is 9.48. The molecule has 9 heteroatoms. The predicted octanol–water partition coefficient (Wildman–Crippen LogP) is 1.77. The van der Waals surface area contributed by atoms with Crippen molar-refractivity contribution in [3.8, 4) is 12.0 Å². The van der Waals surface area contributed by atoms with Gasteiger partial charge >= 0.3 is 12.0 Å². The molecule has 0 aliphatic rings. The predicted molar refractivity (Wildman–Crippen MR) is 92.3 cm³/mol. The van der Waals surface area contributed by atoms with Gasteiger partial charge in [0.1, 0.15) is 12.6 Å². The maximum absolute atomic E-state index is 9.36. The molecule has 0 spiro atoms. The summed E-state index contributed by atoms with van der Waals surface area (Å²) in [7, 11) is 0. The van der Waals surface area contributed by atoms with Crippen molar-refractivity contribution in [2.24, 2.45) is 0 Å². The Balaban J connectivity index is 0.000000690. The smallest absolute Gasteiger partial charge is 0.322 e. The van der Waals surface area contributed by atoms with Crippen molar-refractivity contribution in [1.29, 1.82) is 0 Å². The van der Waals surface area contributed by atoms with Crippen molar-refractivity contribution in [1.82, 2.24) is 15.0 Å². The number of hydrogen-bond acceptors (Lipinski definition) is 9. The molecule has 0 aliphatic carbocycles. The van der Waals surface area contributed by atoms with Crippen LogP contribution in [0.2, 0.25) is 0 Å². The Morgan fingerprint density at radius 3 is 1.81 bits per heavy atom. The summed E-state index contributed by atoms with van der Waals surface area (Å²) < 4.78 is 10.6. The highest BCUT2D eigenvalue weighted by Gasteiger charge is 2.02. The van der Waals surface area contributed by atoms with Crippen LogP contribution < -0.4 is 9.47 Å². The lowest BCUT2D eigenvalue weighted by atomic mass is 10.5. The second-order valence-corrected chi connectivity index (χ2v) is 4.92. The quantitative estimate of drug-likeness (QED) is 0.339. The Labute approximate surface area is 141 Å². The average molecular weight is 352 g/mol. The summed E-state index contributed by atoms with van der Waals surface area (Å²) in [5.74, 6) is 2.22. The van der Waals surface area contributed by atoms with Gasteiger partial charge in [-0.2, -0.15) is 47.9 Å². The van der Waals surface area contributed by atoms with Crippen molar-refractivity contribution in [3.05, 3.63) is 6.33 Å². The van der Waals surface area contributed by atoms with E-state index in [0.717, 1.165) is 30.6 Å². The third-order valence-corrected chi connectivity index (χ3v) is 2.73. The molecule has 0 N–H and O–H groups in total. The molecule has 0 radical (unpaired) electrons. The third-order valence-electron chi connectivity index (χ3n) is 1.84. The molecule has 21 heavy (non-hydrogen) atoms. The second-order valence-electron chi connectivity index (χ2n) is 3.58. The fraction of sp³-hybridized carbons (Fsp3) is 0.667. The van der Waals surface area contributed by atoms with Crippen LogP contribution in [0.3, 0.4) is 0 Å². The molecule has 1 heterocycles. The fourth-order valence-electron chi connectivity index (χ4n) is 0.915. The molecule has 1 rings (SSSR count). The zero-order valence-electron chi connectivity index (χ0n) is 11.7. The lowest BCUT2D eigenvalue weighted by molar-refractivity contribution is -0.107. The summed E-state index contributed by atoms with van der Waals surface area (Å²) in [6.07, 6.45) is 4.50. The number of thiol groups is 3. The van der Waals surface area contributed by atoms with Crippen LogP contribution in [0.4, 0.5) is 0 Å². The molecular weight excluding hydrogens is 330 g/mol. The minimum absolute atomic E-state index is 0.289. The second kappa shape index (κ2) is 15.7. The number of aromatic nitrogens is 3. The number of nitrogens with zero attached hydrogens (tertiary/aromatic N) is 3. The van der Waals surface area contributed by atoms with Gasteiger partial charge in [-0.15, -0.1) is 4.98 Å². The number of carbonyl (C=O) groups is 1. The average Bonchev–Trinajstić information content (AvgIpc) is 2.50. The van der Waals surface area contributed by atoms with E-state index in [0.29, 0.717) is 25.4 Å². The lowest BCUT2D eigenvalue weighted by Gasteiger charge is -2.05. The van der Waals surface area contributed by atoms with E-state index in [4.69, 9.17) is 9.47 Å². The first kappa shape index (κ1) is 20.3. The summed E-state index contributed by atoms with van der Waals surface area (Å²) >= 11 is 11.9. The summed E-state index contributed by atoms with van der Waals surface area (Å²) in [5, 5.41) is 0. The van der Waals surface area contributed by atoms with Crippen molar-refractivity contribution in [2.45, 2.75) is 19.3 Å². The van der Waals surface area contributed by atoms with Crippen LogP contribution in [0.1, 0.15) is 19.3 Å². The Hall–Kier alpha value is -0.670. The first-order valence-electron chi connectivity index (χ1n) is 6.49. The van der Waals surface area contributed by atoms with Gasteiger partial charge in [0.05, 0.1) is 13.2 Å². The molecule has 6 nitrogen and oxygen atoms in total. The molecular formula is C12H21N3O3S3. The number of aldehydes is 1. The minimum Gasteiger partial charge on any atom is -0.463 e. The van der Waals surface area contributed by atoms with Crippen molar-refractivity contribution >= 4 is 44.2 Å². The molecule has 0 atom stereocenters. The molecule has 1 aromatic rings. The summed E-state index contributed by atoms with van der Waals surface area (Å²) in [6, 6.07) is 0.579. The highest BCUT2D eigenvalue weighted by atomic mass is 32.1. The molecule has 1 aromatic heterocycles. The van der Waals surface area contributed by atoms with Gasteiger partial charge in [0, 0.05) is 6.42 Å². The number of hydrogen-bond donors (Lipinski definition) is 3. The van der Waals surface area contributed by atoms with Crippen LogP contribution >= 0.6 is 37.9 Å². The van der Waals surface area contributed by atoms with Crippen LogP contribution in [-0.2, 0) is 4.79 Å². The SMILES string of the molecule is O=CCCS.SCCCOc1ncnc(OCCCS)n1. The van der Waals surface area contributed by atoms with E-state index in [2.05, 4.69) is 52.8 Å². The zero-order valence-corrected chi connectivity index (χ0v) is 14.4. The van der Waals surface area contributed by atoms with Crippen LogP contribution in [0.25, 0.3) is 0 Å². The standard InChI is InChI=1S/C9H15N3O2S2.C3H6OS/c15-5-1-3-13-8-10-7-11-9(12-8)14-4-2-6-16;4-2-1-3-5/h7,15-16H,1-6H2;2,5H,1,3H2. The largest absolute Gasteiger partial charge is 0.463 e. The van der Waals surface area contributed by atoms with E-state index < -0.39 is 0 Å². The molecule has 0 aliphatic heterocycles. The minimum atomic E-state index is 0.289. The van der Waals surface area contributed by atoms with Crippen LogP contribution in [0.5, 0.6) is 12.0 Å². The van der Waals surface area contributed by atoms with Gasteiger partial charge in [0.15, 0.2) is 0 Å². The van der Waals surface area contributed by atoms with E-state index in [9.17, 15) is 4.79 Å². The van der Waals surface area contributed by atoms with E-state index >= 15 is 0 Å². The molecule has 120 valence electrons. The molecule has 0 amide bonds. The van der Waals surface area contributed by atoms with Gasteiger partial charge in [-0.05, 0) is 30.1 Å². The van der Waals surface area contributed by atoms with Gasteiger partial charge in [-0.3, -0.25) is 0 Å². The maximum atomic E-state index is 9.36. The fourth-order valence-corrected chi connectivity index (χ4v) is 1.28. The summed E-state index contributed by atoms with van der Waals surface area (Å²) in [5.41, 5.74) is 0. The van der Waals surface area contributed by atoms with Gasteiger partial charge in [-0.1, -0.05) is 0 Å². The maximum Gasteiger partial charge on any atom is 0.322 e. The van der Waals surface area contributed by atoms with E-state index in [1.54, 1.807) is 0 Å². The Kier molecular flexibility index (Phi) is 15.2. The van der Waals surface area contributed by atoms with Crippen molar-refractivity contribution < 1.29 is 14.3 Å². The van der Waals surface area contributed by atoms with Gasteiger partial charge in [-0.25, -0.2) is 0 Å². The van der Waals surface area contributed by atoms with Crippen LogP contribution in [0, 0.1) is 0 Å². The Bertz CT molecular complexity index is 347. The van der Waals surface area contributed by atoms with Gasteiger partial charge in [0.2, 0.25) is 0 Å². The highest BCUT2D eigenvalue weighted by Crippen LogP contribution is 2.07. The highest BCUT2D eigenvalue weighted by molar-refractivity contribution is 7.80. The number of carbonyl (C=O) groups excluding carboxylic acids is 1. The van der Waals surface area contributed by atoms with Crippen molar-refractivity contribution in [2.75, 3.05) is 30.5 Å². The van der Waals surface area contributed by atoms with E-state index in [-0.39, 0.29) is 12.0 Å².